The maximum absolute atomic E-state index is 11.9. The molecule has 0 aliphatic heterocycles. The van der Waals surface area contributed by atoms with Crippen LogP contribution in [-0.4, -0.2) is 22.3 Å². The number of nitrogens with one attached hydrogen (secondary N) is 1. The molecule has 22 heavy (non-hydrogen) atoms. The Morgan fingerprint density at radius 2 is 2.05 bits per heavy atom. The third kappa shape index (κ3) is 3.32. The van der Waals surface area contributed by atoms with Crippen molar-refractivity contribution in [2.24, 2.45) is 12.9 Å². The standard InChI is InChI=1S/C15H18N4O3/c1-3-8-22-11-6-4-10(5-7-11)13-9-12(14(20)17-16)15(21)19(2)18-13/h4-7,9H,3,8,16H2,1-2H3,(H,17,20). The van der Waals surface area contributed by atoms with Crippen molar-refractivity contribution in [2.45, 2.75) is 13.3 Å². The Balaban J connectivity index is 2.38. The van der Waals surface area contributed by atoms with Crippen molar-refractivity contribution in [3.63, 3.8) is 0 Å². The van der Waals surface area contributed by atoms with Crippen LogP contribution >= 0.6 is 0 Å². The fraction of sp³-hybridized carbons (Fsp3) is 0.267. The number of carbonyl (C=O) groups is 1. The van der Waals surface area contributed by atoms with Gasteiger partial charge in [-0.3, -0.25) is 15.0 Å². The molecule has 0 aliphatic rings. The average molecular weight is 302 g/mol. The Bertz CT molecular complexity index is 723. The number of nitrogens with zero attached hydrogens (tertiary/aromatic N) is 2. The monoisotopic (exact) mass is 302 g/mol. The minimum atomic E-state index is -0.646. The van der Waals surface area contributed by atoms with Gasteiger partial charge in [0.15, 0.2) is 0 Å². The van der Waals surface area contributed by atoms with Crippen molar-refractivity contribution in [3.8, 4) is 17.0 Å². The lowest BCUT2D eigenvalue weighted by Gasteiger charge is -2.08. The van der Waals surface area contributed by atoms with Crippen LogP contribution in [0.3, 0.4) is 0 Å². The summed E-state index contributed by atoms with van der Waals surface area (Å²) in [5.74, 6) is 5.21. The Kier molecular flexibility index (Phi) is 4.90. The Morgan fingerprint density at radius 1 is 1.36 bits per heavy atom. The van der Waals surface area contributed by atoms with E-state index in [1.165, 1.54) is 13.1 Å². The number of benzene rings is 1. The van der Waals surface area contributed by atoms with Gasteiger partial charge in [0.05, 0.1) is 12.3 Å². The number of aromatic nitrogens is 2. The number of rotatable bonds is 5. The van der Waals surface area contributed by atoms with Gasteiger partial charge in [-0.05, 0) is 36.8 Å². The van der Waals surface area contributed by atoms with Crippen molar-refractivity contribution >= 4 is 5.91 Å². The van der Waals surface area contributed by atoms with Gasteiger partial charge in [0.1, 0.15) is 11.3 Å². The summed E-state index contributed by atoms with van der Waals surface area (Å²) in [6, 6.07) is 8.71. The van der Waals surface area contributed by atoms with Crippen LogP contribution < -0.4 is 21.6 Å². The van der Waals surface area contributed by atoms with Gasteiger partial charge in [-0.1, -0.05) is 6.92 Å². The highest BCUT2D eigenvalue weighted by atomic mass is 16.5. The number of nitrogens with two attached hydrogens (primary N) is 1. The van der Waals surface area contributed by atoms with Crippen molar-refractivity contribution in [1.29, 1.82) is 0 Å². The Morgan fingerprint density at radius 3 is 2.64 bits per heavy atom. The van der Waals surface area contributed by atoms with Gasteiger partial charge < -0.3 is 4.74 Å². The van der Waals surface area contributed by atoms with E-state index < -0.39 is 11.5 Å². The van der Waals surface area contributed by atoms with E-state index in [4.69, 9.17) is 10.6 Å². The summed E-state index contributed by atoms with van der Waals surface area (Å²) >= 11 is 0. The lowest BCUT2D eigenvalue weighted by molar-refractivity contribution is 0.0951. The summed E-state index contributed by atoms with van der Waals surface area (Å²) in [5, 5.41) is 4.15. The summed E-state index contributed by atoms with van der Waals surface area (Å²) in [6.07, 6.45) is 0.932. The first-order valence-corrected chi connectivity index (χ1v) is 6.89. The van der Waals surface area contributed by atoms with E-state index in [-0.39, 0.29) is 5.56 Å². The van der Waals surface area contributed by atoms with Crippen LogP contribution in [0.5, 0.6) is 5.75 Å². The molecule has 3 N–H and O–H groups in total. The van der Waals surface area contributed by atoms with Crippen LogP contribution in [0.15, 0.2) is 35.1 Å². The third-order valence-electron chi connectivity index (χ3n) is 3.06. The maximum Gasteiger partial charge on any atom is 0.279 e. The number of hydrogen-bond acceptors (Lipinski definition) is 5. The molecule has 0 saturated carbocycles. The van der Waals surface area contributed by atoms with Gasteiger partial charge in [0.2, 0.25) is 0 Å². The molecule has 0 aliphatic carbocycles. The average Bonchev–Trinajstić information content (AvgIpc) is 2.55. The molecule has 0 radical (unpaired) electrons. The number of amides is 1. The highest BCUT2D eigenvalue weighted by Crippen LogP contribution is 2.20. The molecule has 1 aromatic heterocycles. The predicted octanol–water partition coefficient (Wildman–Crippen LogP) is 0.840. The van der Waals surface area contributed by atoms with Crippen LogP contribution in [-0.2, 0) is 7.05 Å². The Labute approximate surface area is 127 Å². The fourth-order valence-electron chi connectivity index (χ4n) is 1.93. The largest absolute Gasteiger partial charge is 0.494 e. The first-order chi connectivity index (χ1) is 10.6. The molecule has 1 aromatic carbocycles. The smallest absolute Gasteiger partial charge is 0.279 e. The van der Waals surface area contributed by atoms with E-state index in [0.29, 0.717) is 12.3 Å². The van der Waals surface area contributed by atoms with E-state index in [0.717, 1.165) is 22.4 Å². The fourth-order valence-corrected chi connectivity index (χ4v) is 1.93. The number of hydrogen-bond donors (Lipinski definition) is 2. The molecule has 1 amide bonds. The molecule has 116 valence electrons. The quantitative estimate of drug-likeness (QED) is 0.484. The number of ether oxygens (including phenoxy) is 1. The number of hydrazine groups is 1. The normalized spacial score (nSPS) is 10.3. The topological polar surface area (TPSA) is 99.2 Å². The molecule has 2 aromatic rings. The van der Waals surface area contributed by atoms with Crippen LogP contribution in [0.2, 0.25) is 0 Å². The lowest BCUT2D eigenvalue weighted by Crippen LogP contribution is -2.36. The number of aryl methyl sites for hydroxylation is 1. The molecular formula is C15H18N4O3. The van der Waals surface area contributed by atoms with Gasteiger partial charge in [-0.15, -0.1) is 0 Å². The zero-order valence-corrected chi connectivity index (χ0v) is 12.5. The van der Waals surface area contributed by atoms with Gasteiger partial charge in [0, 0.05) is 12.6 Å². The summed E-state index contributed by atoms with van der Waals surface area (Å²) in [7, 11) is 1.48. The molecule has 0 bridgehead atoms. The molecule has 7 nitrogen and oxygen atoms in total. The van der Waals surface area contributed by atoms with E-state index in [2.05, 4.69) is 5.10 Å². The number of nitrogen functional groups attached to an aromatic ring is 1. The molecule has 0 atom stereocenters. The highest BCUT2D eigenvalue weighted by Gasteiger charge is 2.14. The molecule has 1 heterocycles. The third-order valence-corrected chi connectivity index (χ3v) is 3.06. The summed E-state index contributed by atoms with van der Waals surface area (Å²) in [6.45, 7) is 2.69. The maximum atomic E-state index is 11.9. The van der Waals surface area contributed by atoms with E-state index >= 15 is 0 Å². The minimum Gasteiger partial charge on any atom is -0.494 e. The van der Waals surface area contributed by atoms with Gasteiger partial charge in [0.25, 0.3) is 11.5 Å². The molecular weight excluding hydrogens is 284 g/mol. The number of carbonyl (C=O) groups excluding carboxylic acids is 1. The first-order valence-electron chi connectivity index (χ1n) is 6.89. The molecule has 7 heteroatoms. The predicted molar refractivity (Wildman–Crippen MR) is 82.4 cm³/mol. The molecule has 0 fully saturated rings. The summed E-state index contributed by atoms with van der Waals surface area (Å²) in [4.78, 5) is 23.5. The van der Waals surface area contributed by atoms with Crippen LogP contribution in [0.1, 0.15) is 23.7 Å². The van der Waals surface area contributed by atoms with Crippen LogP contribution in [0, 0.1) is 0 Å². The van der Waals surface area contributed by atoms with E-state index in [1.807, 2.05) is 36.6 Å². The SMILES string of the molecule is CCCOc1ccc(-c2cc(C(=O)NN)c(=O)n(C)n2)cc1. The summed E-state index contributed by atoms with van der Waals surface area (Å²) < 4.78 is 6.62. The van der Waals surface area contributed by atoms with E-state index in [9.17, 15) is 9.59 Å². The van der Waals surface area contributed by atoms with E-state index in [1.54, 1.807) is 0 Å². The van der Waals surface area contributed by atoms with Crippen molar-refractivity contribution in [2.75, 3.05) is 6.61 Å². The Hall–Kier alpha value is -2.67. The minimum absolute atomic E-state index is 0.0543. The van der Waals surface area contributed by atoms with Gasteiger partial charge in [-0.2, -0.15) is 5.10 Å². The van der Waals surface area contributed by atoms with Gasteiger partial charge in [-0.25, -0.2) is 10.5 Å². The highest BCUT2D eigenvalue weighted by molar-refractivity contribution is 5.94. The van der Waals surface area contributed by atoms with Crippen LogP contribution in [0.4, 0.5) is 0 Å². The second-order valence-corrected chi connectivity index (χ2v) is 4.72. The second-order valence-electron chi connectivity index (χ2n) is 4.72. The van der Waals surface area contributed by atoms with Crippen molar-refractivity contribution in [3.05, 3.63) is 46.2 Å². The van der Waals surface area contributed by atoms with Crippen molar-refractivity contribution < 1.29 is 9.53 Å². The van der Waals surface area contributed by atoms with Gasteiger partial charge >= 0.3 is 0 Å². The molecule has 0 saturated heterocycles. The lowest BCUT2D eigenvalue weighted by atomic mass is 10.1. The van der Waals surface area contributed by atoms with Crippen LogP contribution in [0.25, 0.3) is 11.3 Å². The first kappa shape index (κ1) is 15.7. The van der Waals surface area contributed by atoms with Crippen molar-refractivity contribution in [1.82, 2.24) is 15.2 Å². The summed E-state index contributed by atoms with van der Waals surface area (Å²) in [5.41, 5.74) is 2.67. The zero-order chi connectivity index (χ0) is 16.1. The second kappa shape index (κ2) is 6.86. The zero-order valence-electron chi connectivity index (χ0n) is 12.5. The molecule has 0 spiro atoms. The molecule has 0 unspecified atom stereocenters. The molecule has 2 rings (SSSR count).